The highest BCUT2D eigenvalue weighted by atomic mass is 19.1. The number of nitrogens with two attached hydrogens (primary N) is 1. The van der Waals surface area contributed by atoms with Gasteiger partial charge in [0.15, 0.2) is 0 Å². The Hall–Kier alpha value is -2.94. The van der Waals surface area contributed by atoms with Gasteiger partial charge in [0, 0.05) is 6.20 Å². The van der Waals surface area contributed by atoms with Crippen molar-refractivity contribution in [2.75, 3.05) is 5.73 Å². The molecule has 2 aromatic heterocycles. The average Bonchev–Trinajstić information content (AvgIpc) is 2.75. The molecule has 5 nitrogen and oxygen atoms in total. The second-order valence-corrected chi connectivity index (χ2v) is 3.95. The van der Waals surface area contributed by atoms with Gasteiger partial charge in [-0.05, 0) is 24.3 Å². The largest absolute Gasteiger partial charge is 0.369 e. The molecule has 3 rings (SSSR count). The normalized spacial score (nSPS) is 10.5. The summed E-state index contributed by atoms with van der Waals surface area (Å²) in [6, 6.07) is 7.80. The van der Waals surface area contributed by atoms with E-state index in [0.717, 1.165) is 0 Å². The van der Waals surface area contributed by atoms with E-state index in [1.807, 2.05) is 6.07 Å². The zero-order chi connectivity index (χ0) is 13.4. The summed E-state index contributed by atoms with van der Waals surface area (Å²) in [6.45, 7) is 0. The lowest BCUT2D eigenvalue weighted by molar-refractivity contribution is 0.619. The molecule has 2 heterocycles. The van der Waals surface area contributed by atoms with Gasteiger partial charge in [-0.2, -0.15) is 5.26 Å². The van der Waals surface area contributed by atoms with Gasteiger partial charge in [-0.25, -0.2) is 9.37 Å². The number of aromatic nitrogens is 3. The molecule has 3 aromatic rings. The number of nitrogens with zero attached hydrogens (tertiary/aromatic N) is 4. The van der Waals surface area contributed by atoms with Gasteiger partial charge in [0.1, 0.15) is 11.3 Å². The van der Waals surface area contributed by atoms with Crippen molar-refractivity contribution in [3.63, 3.8) is 0 Å². The number of hydrogen-bond donors (Lipinski definition) is 1. The first-order valence-electron chi connectivity index (χ1n) is 5.48. The molecule has 0 spiro atoms. The van der Waals surface area contributed by atoms with Crippen molar-refractivity contribution in [3.05, 3.63) is 48.0 Å². The van der Waals surface area contributed by atoms with E-state index in [-0.39, 0.29) is 17.2 Å². The van der Waals surface area contributed by atoms with Crippen LogP contribution in [-0.4, -0.2) is 14.5 Å². The van der Waals surface area contributed by atoms with Crippen LogP contribution in [0.2, 0.25) is 0 Å². The highest BCUT2D eigenvalue weighted by Crippen LogP contribution is 2.24. The Morgan fingerprint density at radius 3 is 2.89 bits per heavy atom. The minimum absolute atomic E-state index is 0.173. The van der Waals surface area contributed by atoms with Crippen LogP contribution in [0.25, 0.3) is 16.7 Å². The molecule has 0 aliphatic rings. The maximum atomic E-state index is 14.0. The SMILES string of the molecule is N#Cc1ccc(-n2c(N)nc3cnccc32)c(F)c1. The maximum absolute atomic E-state index is 14.0. The number of pyridine rings is 1. The van der Waals surface area contributed by atoms with Crippen LogP contribution in [0.5, 0.6) is 0 Å². The molecule has 0 fully saturated rings. The molecule has 2 N–H and O–H groups in total. The third-order valence-corrected chi connectivity index (χ3v) is 2.80. The Kier molecular flexibility index (Phi) is 2.39. The lowest BCUT2D eigenvalue weighted by atomic mass is 10.2. The summed E-state index contributed by atoms with van der Waals surface area (Å²) < 4.78 is 15.5. The standard InChI is InChI=1S/C13H8FN5/c14-9-5-8(6-15)1-2-11(9)19-12-3-4-17-7-10(12)18-13(19)16/h1-5,7H,(H2,16,18). The number of fused-ring (bicyclic) bond motifs is 1. The van der Waals surface area contributed by atoms with Crippen molar-refractivity contribution >= 4 is 17.0 Å². The second kappa shape index (κ2) is 4.07. The van der Waals surface area contributed by atoms with Crippen molar-refractivity contribution in [1.29, 1.82) is 5.26 Å². The number of nitrogen functional groups attached to an aromatic ring is 1. The molecule has 1 aromatic carbocycles. The molecule has 0 saturated carbocycles. The van der Waals surface area contributed by atoms with Crippen LogP contribution in [0.1, 0.15) is 5.56 Å². The number of hydrogen-bond acceptors (Lipinski definition) is 4. The van der Waals surface area contributed by atoms with E-state index >= 15 is 0 Å². The zero-order valence-electron chi connectivity index (χ0n) is 9.71. The summed E-state index contributed by atoms with van der Waals surface area (Å²) in [4.78, 5) is 8.06. The minimum Gasteiger partial charge on any atom is -0.369 e. The quantitative estimate of drug-likeness (QED) is 0.719. The van der Waals surface area contributed by atoms with Crippen LogP contribution in [0.4, 0.5) is 10.3 Å². The fraction of sp³-hybridized carbons (Fsp3) is 0. The zero-order valence-corrected chi connectivity index (χ0v) is 9.71. The van der Waals surface area contributed by atoms with Crippen molar-refractivity contribution in [1.82, 2.24) is 14.5 Å². The first-order valence-corrected chi connectivity index (χ1v) is 5.48. The predicted octanol–water partition coefficient (Wildman–Crippen LogP) is 2.01. The minimum atomic E-state index is -0.526. The van der Waals surface area contributed by atoms with Gasteiger partial charge in [0.25, 0.3) is 0 Å². The highest BCUT2D eigenvalue weighted by molar-refractivity contribution is 5.79. The van der Waals surface area contributed by atoms with E-state index in [0.29, 0.717) is 11.0 Å². The van der Waals surface area contributed by atoms with Crippen LogP contribution in [0.3, 0.4) is 0 Å². The molecule has 0 aliphatic heterocycles. The van der Waals surface area contributed by atoms with Crippen molar-refractivity contribution in [2.24, 2.45) is 0 Å². The molecular weight excluding hydrogens is 245 g/mol. The Balaban J connectivity index is 2.31. The molecule has 0 aliphatic carbocycles. The molecule has 0 bridgehead atoms. The van der Waals surface area contributed by atoms with E-state index in [1.54, 1.807) is 18.5 Å². The number of rotatable bonds is 1. The Labute approximate surface area is 107 Å². The summed E-state index contributed by atoms with van der Waals surface area (Å²) in [7, 11) is 0. The van der Waals surface area contributed by atoms with Gasteiger partial charge in [0.05, 0.1) is 29.0 Å². The first kappa shape index (κ1) is 11.2. The van der Waals surface area contributed by atoms with Crippen molar-refractivity contribution in [2.45, 2.75) is 0 Å². The number of nitriles is 1. The topological polar surface area (TPSA) is 80.5 Å². The highest BCUT2D eigenvalue weighted by Gasteiger charge is 2.13. The maximum Gasteiger partial charge on any atom is 0.206 e. The van der Waals surface area contributed by atoms with E-state index in [2.05, 4.69) is 9.97 Å². The molecular formula is C13H8FN5. The van der Waals surface area contributed by atoms with Crippen LogP contribution in [-0.2, 0) is 0 Å². The molecule has 0 radical (unpaired) electrons. The first-order chi connectivity index (χ1) is 9.20. The summed E-state index contributed by atoms with van der Waals surface area (Å²) in [5.74, 6) is -0.353. The molecule has 92 valence electrons. The summed E-state index contributed by atoms with van der Waals surface area (Å²) in [5.41, 5.74) is 7.58. The summed E-state index contributed by atoms with van der Waals surface area (Å²) >= 11 is 0. The average molecular weight is 253 g/mol. The van der Waals surface area contributed by atoms with E-state index in [1.165, 1.54) is 22.8 Å². The Morgan fingerprint density at radius 1 is 1.32 bits per heavy atom. The molecule has 0 atom stereocenters. The lowest BCUT2D eigenvalue weighted by Gasteiger charge is -2.07. The number of halogens is 1. The van der Waals surface area contributed by atoms with E-state index in [9.17, 15) is 4.39 Å². The number of benzene rings is 1. The second-order valence-electron chi connectivity index (χ2n) is 3.95. The van der Waals surface area contributed by atoms with E-state index in [4.69, 9.17) is 11.0 Å². The predicted molar refractivity (Wildman–Crippen MR) is 68.0 cm³/mol. The van der Waals surface area contributed by atoms with Crippen LogP contribution in [0.15, 0.2) is 36.7 Å². The smallest absolute Gasteiger partial charge is 0.206 e. The Bertz CT molecular complexity index is 816. The number of imidazole rings is 1. The van der Waals surface area contributed by atoms with Crippen LogP contribution in [0, 0.1) is 17.1 Å². The third-order valence-electron chi connectivity index (χ3n) is 2.80. The van der Waals surface area contributed by atoms with Gasteiger partial charge in [-0.1, -0.05) is 0 Å². The van der Waals surface area contributed by atoms with Gasteiger partial charge in [-0.3, -0.25) is 9.55 Å². The molecule has 0 amide bonds. The van der Waals surface area contributed by atoms with Gasteiger partial charge >= 0.3 is 0 Å². The van der Waals surface area contributed by atoms with Crippen LogP contribution >= 0.6 is 0 Å². The fourth-order valence-corrected chi connectivity index (χ4v) is 1.96. The summed E-state index contributed by atoms with van der Waals surface area (Å²) in [5, 5.41) is 8.74. The third kappa shape index (κ3) is 1.68. The number of anilines is 1. The van der Waals surface area contributed by atoms with Gasteiger partial charge < -0.3 is 5.73 Å². The molecule has 6 heteroatoms. The van der Waals surface area contributed by atoms with Crippen molar-refractivity contribution in [3.8, 4) is 11.8 Å². The summed E-state index contributed by atoms with van der Waals surface area (Å²) in [6.07, 6.45) is 3.14. The lowest BCUT2D eigenvalue weighted by Crippen LogP contribution is -2.03. The monoisotopic (exact) mass is 253 g/mol. The Morgan fingerprint density at radius 2 is 2.16 bits per heavy atom. The van der Waals surface area contributed by atoms with Gasteiger partial charge in [0.2, 0.25) is 5.95 Å². The molecule has 0 saturated heterocycles. The van der Waals surface area contributed by atoms with Gasteiger partial charge in [-0.15, -0.1) is 0 Å². The molecule has 0 unspecified atom stereocenters. The fourth-order valence-electron chi connectivity index (χ4n) is 1.96. The van der Waals surface area contributed by atoms with Crippen molar-refractivity contribution < 1.29 is 4.39 Å². The van der Waals surface area contributed by atoms with E-state index < -0.39 is 5.82 Å². The molecule has 19 heavy (non-hydrogen) atoms. The van der Waals surface area contributed by atoms with Crippen LogP contribution < -0.4 is 5.73 Å².